The van der Waals surface area contributed by atoms with E-state index in [-0.39, 0.29) is 34.4 Å². The first-order valence-corrected chi connectivity index (χ1v) is 10.5. The summed E-state index contributed by atoms with van der Waals surface area (Å²) in [6.45, 7) is 1.86. The first-order chi connectivity index (χ1) is 16.3. The number of aryl methyl sites for hydroxylation is 1. The lowest BCUT2D eigenvalue weighted by Crippen LogP contribution is -2.09. The van der Waals surface area contributed by atoms with Gasteiger partial charge in [-0.15, -0.1) is 0 Å². The minimum Gasteiger partial charge on any atom is -0.396 e. The van der Waals surface area contributed by atoms with Crippen molar-refractivity contribution < 1.29 is 13.6 Å². The summed E-state index contributed by atoms with van der Waals surface area (Å²) in [6.07, 6.45) is 3.32. The van der Waals surface area contributed by atoms with E-state index in [9.17, 15) is 13.6 Å². The monoisotopic (exact) mass is 458 g/mol. The number of nitrogens with zero attached hydrogens (tertiary/aromatic N) is 3. The van der Waals surface area contributed by atoms with Crippen molar-refractivity contribution in [2.45, 2.75) is 13.3 Å². The van der Waals surface area contributed by atoms with Gasteiger partial charge in [0.05, 0.1) is 35.0 Å². The molecule has 0 bridgehead atoms. The minimum atomic E-state index is -0.556. The van der Waals surface area contributed by atoms with E-state index < -0.39 is 5.82 Å². The lowest BCUT2D eigenvalue weighted by molar-refractivity contribution is 0.103. The topological polar surface area (TPSA) is 116 Å². The number of aromatic amines is 1. The van der Waals surface area contributed by atoms with Gasteiger partial charge in [-0.1, -0.05) is 18.2 Å². The van der Waals surface area contributed by atoms with E-state index in [0.29, 0.717) is 34.3 Å². The highest BCUT2D eigenvalue weighted by molar-refractivity contribution is 6.12. The number of hydrogen-bond acceptors (Lipinski definition) is 5. The van der Waals surface area contributed by atoms with Crippen LogP contribution in [0.2, 0.25) is 0 Å². The number of nitrogens with two attached hydrogens (primary N) is 2. The Morgan fingerprint density at radius 3 is 2.62 bits per heavy atom. The zero-order valence-corrected chi connectivity index (χ0v) is 18.1. The molecule has 0 aliphatic heterocycles. The molecule has 0 unspecified atom stereocenters. The molecule has 9 heteroatoms. The molecule has 0 fully saturated rings. The Morgan fingerprint density at radius 1 is 1.06 bits per heavy atom. The van der Waals surface area contributed by atoms with Gasteiger partial charge in [-0.3, -0.25) is 9.78 Å². The highest BCUT2D eigenvalue weighted by Crippen LogP contribution is 2.26. The maximum Gasteiger partial charge on any atom is 0.214 e. The number of carbonyl (C=O) groups is 1. The van der Waals surface area contributed by atoms with Crippen molar-refractivity contribution in [3.8, 4) is 5.69 Å². The van der Waals surface area contributed by atoms with Gasteiger partial charge in [-0.2, -0.15) is 5.10 Å². The molecule has 0 amide bonds. The Labute approximate surface area is 193 Å². The van der Waals surface area contributed by atoms with Crippen LogP contribution in [-0.4, -0.2) is 25.5 Å². The molecule has 5 aromatic rings. The zero-order valence-electron chi connectivity index (χ0n) is 18.1. The second-order valence-corrected chi connectivity index (χ2v) is 8.06. The molecule has 34 heavy (non-hydrogen) atoms. The smallest absolute Gasteiger partial charge is 0.214 e. The fraction of sp³-hybridized carbons (Fsp3) is 0.0800. The van der Waals surface area contributed by atoms with Crippen LogP contribution in [0.5, 0.6) is 0 Å². The van der Waals surface area contributed by atoms with Crippen LogP contribution in [0, 0.1) is 18.6 Å². The predicted molar refractivity (Wildman–Crippen MR) is 126 cm³/mol. The average Bonchev–Trinajstić information content (AvgIpc) is 3.39. The fourth-order valence-corrected chi connectivity index (χ4v) is 3.92. The number of hydrogen-bond donors (Lipinski definition) is 3. The van der Waals surface area contributed by atoms with Crippen molar-refractivity contribution in [3.63, 3.8) is 0 Å². The maximum atomic E-state index is 14.0. The van der Waals surface area contributed by atoms with Crippen molar-refractivity contribution in [1.29, 1.82) is 0 Å². The molecular formula is C25H20F2N6O. The van der Waals surface area contributed by atoms with Crippen LogP contribution in [0.3, 0.4) is 0 Å². The molecule has 0 aliphatic carbocycles. The van der Waals surface area contributed by atoms with Crippen LogP contribution >= 0.6 is 0 Å². The molecule has 5 N–H and O–H groups in total. The zero-order chi connectivity index (χ0) is 24.0. The number of ketones is 1. The summed E-state index contributed by atoms with van der Waals surface area (Å²) in [5.74, 6) is -1.09. The van der Waals surface area contributed by atoms with E-state index in [2.05, 4.69) is 15.1 Å². The molecule has 7 nitrogen and oxygen atoms in total. The van der Waals surface area contributed by atoms with Crippen molar-refractivity contribution in [3.05, 3.63) is 101 Å². The number of carbonyl (C=O) groups excluding carboxylic acids is 1. The molecule has 2 aromatic carbocycles. The highest BCUT2D eigenvalue weighted by atomic mass is 19.1. The number of nitrogens with one attached hydrogen (secondary N) is 1. The van der Waals surface area contributed by atoms with E-state index in [1.54, 1.807) is 30.5 Å². The van der Waals surface area contributed by atoms with Gasteiger partial charge < -0.3 is 16.5 Å². The quantitative estimate of drug-likeness (QED) is 0.268. The summed E-state index contributed by atoms with van der Waals surface area (Å²) in [4.78, 5) is 20.5. The molecule has 0 radical (unpaired) electrons. The van der Waals surface area contributed by atoms with Gasteiger partial charge in [0.15, 0.2) is 0 Å². The van der Waals surface area contributed by atoms with Crippen LogP contribution in [0.15, 0.2) is 60.9 Å². The average molecular weight is 458 g/mol. The standard InChI is InChI=1S/C25H20F2N6O/c1-13-6-16(7-14-4-2-3-5-18(14)26)30-12-23(13)33-25(29)17(11-31-33)24(34)22-9-15-8-19(27)20(28)10-21(15)32-22/h2-6,8-12,32H,7,28-29H2,1H3. The van der Waals surface area contributed by atoms with Gasteiger partial charge >= 0.3 is 0 Å². The van der Waals surface area contributed by atoms with E-state index >= 15 is 0 Å². The molecule has 3 aromatic heterocycles. The normalized spacial score (nSPS) is 11.3. The first-order valence-electron chi connectivity index (χ1n) is 10.5. The molecular weight excluding hydrogens is 438 g/mol. The molecule has 170 valence electrons. The number of aromatic nitrogens is 4. The fourth-order valence-electron chi connectivity index (χ4n) is 3.92. The number of benzene rings is 2. The van der Waals surface area contributed by atoms with E-state index in [1.807, 2.05) is 13.0 Å². The Morgan fingerprint density at radius 2 is 1.85 bits per heavy atom. The first kappa shape index (κ1) is 21.3. The maximum absolute atomic E-state index is 14.0. The second-order valence-electron chi connectivity index (χ2n) is 8.06. The number of halogens is 2. The molecule has 0 saturated carbocycles. The predicted octanol–water partition coefficient (Wildman–Crippen LogP) is 4.32. The molecule has 5 rings (SSSR count). The molecule has 0 atom stereocenters. The summed E-state index contributed by atoms with van der Waals surface area (Å²) in [5.41, 5.74) is 15.5. The van der Waals surface area contributed by atoms with Gasteiger partial charge in [0.2, 0.25) is 5.78 Å². The van der Waals surface area contributed by atoms with E-state index in [0.717, 1.165) is 5.56 Å². The molecule has 0 spiro atoms. The summed E-state index contributed by atoms with van der Waals surface area (Å²) < 4.78 is 29.2. The Bertz CT molecular complexity index is 1530. The van der Waals surface area contributed by atoms with E-state index in [4.69, 9.17) is 11.5 Å². The summed E-state index contributed by atoms with van der Waals surface area (Å²) in [5, 5.41) is 4.80. The number of nitrogen functional groups attached to an aromatic ring is 2. The van der Waals surface area contributed by atoms with Crippen LogP contribution in [0.1, 0.15) is 32.9 Å². The SMILES string of the molecule is Cc1cc(Cc2ccccc2F)ncc1-n1ncc(C(=O)c2cc3cc(F)c(N)cc3[nH]2)c1N. The van der Waals surface area contributed by atoms with Gasteiger partial charge in [-0.25, -0.2) is 13.5 Å². The summed E-state index contributed by atoms with van der Waals surface area (Å²) in [6, 6.07) is 12.6. The van der Waals surface area contributed by atoms with Gasteiger partial charge in [-0.05, 0) is 48.4 Å². The highest BCUT2D eigenvalue weighted by Gasteiger charge is 2.21. The lowest BCUT2D eigenvalue weighted by Gasteiger charge is -2.10. The third kappa shape index (κ3) is 3.66. The number of rotatable bonds is 5. The number of anilines is 2. The Hall–Kier alpha value is -4.53. The number of H-pyrrole nitrogens is 1. The van der Waals surface area contributed by atoms with Gasteiger partial charge in [0, 0.05) is 23.0 Å². The molecule has 0 saturated heterocycles. The third-order valence-corrected chi connectivity index (χ3v) is 5.73. The van der Waals surface area contributed by atoms with Crippen LogP contribution in [0.25, 0.3) is 16.6 Å². The lowest BCUT2D eigenvalue weighted by atomic mass is 10.1. The van der Waals surface area contributed by atoms with Crippen molar-refractivity contribution in [1.82, 2.24) is 19.7 Å². The number of fused-ring (bicyclic) bond motifs is 1. The molecule has 0 aliphatic rings. The van der Waals surface area contributed by atoms with Crippen molar-refractivity contribution >= 4 is 28.2 Å². The van der Waals surface area contributed by atoms with Crippen LogP contribution in [0.4, 0.5) is 20.3 Å². The number of pyridine rings is 1. The van der Waals surface area contributed by atoms with Gasteiger partial charge in [0.25, 0.3) is 0 Å². The Balaban J connectivity index is 1.44. The summed E-state index contributed by atoms with van der Waals surface area (Å²) >= 11 is 0. The largest absolute Gasteiger partial charge is 0.396 e. The third-order valence-electron chi connectivity index (χ3n) is 5.73. The summed E-state index contributed by atoms with van der Waals surface area (Å²) in [7, 11) is 0. The Kier molecular flexibility index (Phi) is 5.09. The van der Waals surface area contributed by atoms with Gasteiger partial charge in [0.1, 0.15) is 17.5 Å². The van der Waals surface area contributed by atoms with Crippen LogP contribution in [-0.2, 0) is 6.42 Å². The molecule has 3 heterocycles. The van der Waals surface area contributed by atoms with E-state index in [1.165, 1.54) is 29.1 Å². The van der Waals surface area contributed by atoms with Crippen LogP contribution < -0.4 is 11.5 Å². The minimum absolute atomic E-state index is 0.0119. The van der Waals surface area contributed by atoms with Crippen molar-refractivity contribution in [2.75, 3.05) is 11.5 Å². The van der Waals surface area contributed by atoms with Crippen molar-refractivity contribution in [2.24, 2.45) is 0 Å². The second kappa shape index (κ2) is 8.11.